The molecule has 0 radical (unpaired) electrons. The third-order valence-corrected chi connectivity index (χ3v) is 2.84. The maximum Gasteiger partial charge on any atom is 0.191 e. The van der Waals surface area contributed by atoms with E-state index in [1.807, 2.05) is 6.92 Å². The molecule has 100 valence electrons. The van der Waals surface area contributed by atoms with E-state index in [1.165, 1.54) is 25.7 Å². The van der Waals surface area contributed by atoms with Crippen LogP contribution in [0.1, 0.15) is 46.0 Å². The molecule has 0 unspecified atom stereocenters. The van der Waals surface area contributed by atoms with E-state index in [2.05, 4.69) is 34.7 Å². The van der Waals surface area contributed by atoms with Gasteiger partial charge < -0.3 is 10.6 Å². The average molecular weight is 351 g/mol. The Labute approximate surface area is 123 Å². The molecule has 0 bridgehead atoms. The molecule has 0 spiro atoms. The lowest BCUT2D eigenvalue weighted by atomic mass is 10.2. The molecule has 1 saturated carbocycles. The van der Waals surface area contributed by atoms with Crippen molar-refractivity contribution in [3.63, 3.8) is 0 Å². The molecule has 0 saturated heterocycles. The summed E-state index contributed by atoms with van der Waals surface area (Å²) in [5, 5.41) is 6.81. The van der Waals surface area contributed by atoms with Gasteiger partial charge in [-0.3, -0.25) is 4.99 Å². The molecule has 0 aromatic heterocycles. The molecule has 1 rings (SSSR count). The Morgan fingerprint density at radius 1 is 1.35 bits per heavy atom. The third kappa shape index (κ3) is 7.63. The minimum absolute atomic E-state index is 0. The van der Waals surface area contributed by atoms with Crippen molar-refractivity contribution in [2.75, 3.05) is 13.1 Å². The second-order valence-electron chi connectivity index (χ2n) is 4.24. The lowest BCUT2D eigenvalue weighted by molar-refractivity contribution is 0.614. The zero-order valence-electron chi connectivity index (χ0n) is 11.0. The molecule has 1 fully saturated rings. The fourth-order valence-electron chi connectivity index (χ4n) is 2.00. The van der Waals surface area contributed by atoms with Crippen LogP contribution in [0.15, 0.2) is 17.1 Å². The Bertz CT molecular complexity index is 233. The van der Waals surface area contributed by atoms with E-state index < -0.39 is 0 Å². The molecule has 2 N–H and O–H groups in total. The highest BCUT2D eigenvalue weighted by Crippen LogP contribution is 2.17. The highest BCUT2D eigenvalue weighted by Gasteiger charge is 2.15. The van der Waals surface area contributed by atoms with E-state index in [0.717, 1.165) is 25.5 Å². The van der Waals surface area contributed by atoms with Crippen molar-refractivity contribution in [2.45, 2.75) is 52.0 Å². The summed E-state index contributed by atoms with van der Waals surface area (Å²) < 4.78 is 0. The van der Waals surface area contributed by atoms with Crippen LogP contribution < -0.4 is 10.6 Å². The molecule has 17 heavy (non-hydrogen) atoms. The lowest BCUT2D eigenvalue weighted by Gasteiger charge is -2.16. The molecule has 0 atom stereocenters. The second-order valence-corrected chi connectivity index (χ2v) is 4.24. The van der Waals surface area contributed by atoms with Gasteiger partial charge in [0, 0.05) is 19.1 Å². The normalized spacial score (nSPS) is 17.2. The van der Waals surface area contributed by atoms with Crippen LogP contribution in [0.5, 0.6) is 0 Å². The quantitative estimate of drug-likeness (QED) is 0.263. The first-order chi connectivity index (χ1) is 7.86. The predicted molar refractivity (Wildman–Crippen MR) is 86.2 cm³/mol. The molecule has 0 heterocycles. The monoisotopic (exact) mass is 351 g/mol. The average Bonchev–Trinajstić information content (AvgIpc) is 2.77. The number of allylic oxidation sites excluding steroid dienone is 1. The summed E-state index contributed by atoms with van der Waals surface area (Å²) in [7, 11) is 0. The Balaban J connectivity index is 0.00000256. The van der Waals surface area contributed by atoms with Crippen LogP contribution in [0.4, 0.5) is 0 Å². The number of nitrogens with one attached hydrogen (secondary N) is 2. The Hall–Kier alpha value is -0.260. The minimum Gasteiger partial charge on any atom is -0.357 e. The number of rotatable bonds is 5. The van der Waals surface area contributed by atoms with Gasteiger partial charge in [-0.25, -0.2) is 0 Å². The Morgan fingerprint density at radius 2 is 2.06 bits per heavy atom. The van der Waals surface area contributed by atoms with E-state index in [9.17, 15) is 0 Å². The van der Waals surface area contributed by atoms with Gasteiger partial charge in [-0.05, 0) is 33.1 Å². The van der Waals surface area contributed by atoms with Gasteiger partial charge in [0.05, 0.1) is 0 Å². The minimum atomic E-state index is 0. The number of nitrogens with zero attached hydrogens (tertiary/aromatic N) is 1. The fourth-order valence-corrected chi connectivity index (χ4v) is 2.00. The molecule has 1 aliphatic carbocycles. The maximum absolute atomic E-state index is 4.56. The van der Waals surface area contributed by atoms with E-state index in [0.29, 0.717) is 6.04 Å². The summed E-state index contributed by atoms with van der Waals surface area (Å²) in [6.45, 7) is 5.96. The maximum atomic E-state index is 4.56. The standard InChI is InChI=1S/C13H25N3.HI/c1-3-5-8-11-15-13(14-4-2)16-12-9-6-7-10-12;/h3,5,12H,4,6-11H2,1-2H3,(H2,14,15,16);1H. The molecular weight excluding hydrogens is 325 g/mol. The lowest BCUT2D eigenvalue weighted by Crippen LogP contribution is -2.42. The zero-order chi connectivity index (χ0) is 11.6. The van der Waals surface area contributed by atoms with Crippen LogP contribution in [0.2, 0.25) is 0 Å². The number of aliphatic imine (C=N–C) groups is 1. The van der Waals surface area contributed by atoms with Gasteiger partial charge in [0.15, 0.2) is 5.96 Å². The van der Waals surface area contributed by atoms with Crippen molar-refractivity contribution in [3.05, 3.63) is 12.2 Å². The smallest absolute Gasteiger partial charge is 0.191 e. The molecule has 1 aliphatic rings. The van der Waals surface area contributed by atoms with Crippen LogP contribution >= 0.6 is 24.0 Å². The summed E-state index contributed by atoms with van der Waals surface area (Å²) in [5.74, 6) is 0.985. The van der Waals surface area contributed by atoms with Crippen molar-refractivity contribution < 1.29 is 0 Å². The molecule has 3 nitrogen and oxygen atoms in total. The zero-order valence-corrected chi connectivity index (χ0v) is 13.4. The molecule has 0 aromatic rings. The highest BCUT2D eigenvalue weighted by molar-refractivity contribution is 14.0. The summed E-state index contributed by atoms with van der Waals surface area (Å²) in [4.78, 5) is 4.56. The van der Waals surface area contributed by atoms with Gasteiger partial charge in [0.25, 0.3) is 0 Å². The first-order valence-corrected chi connectivity index (χ1v) is 6.52. The SMILES string of the molecule is CC=CCCN=C(NCC)NC1CCCC1.I. The van der Waals surface area contributed by atoms with Crippen LogP contribution in [0, 0.1) is 0 Å². The Kier molecular flexibility index (Phi) is 10.7. The van der Waals surface area contributed by atoms with E-state index in [1.54, 1.807) is 0 Å². The molecule has 0 aromatic carbocycles. The molecule has 0 aliphatic heterocycles. The van der Waals surface area contributed by atoms with Gasteiger partial charge in [-0.2, -0.15) is 0 Å². The van der Waals surface area contributed by atoms with Crippen molar-refractivity contribution in [3.8, 4) is 0 Å². The van der Waals surface area contributed by atoms with Gasteiger partial charge in [-0.1, -0.05) is 25.0 Å². The van der Waals surface area contributed by atoms with Crippen LogP contribution in [-0.2, 0) is 0 Å². The summed E-state index contributed by atoms with van der Waals surface area (Å²) in [5.41, 5.74) is 0. The summed E-state index contributed by atoms with van der Waals surface area (Å²) in [6, 6.07) is 0.638. The first-order valence-electron chi connectivity index (χ1n) is 6.52. The third-order valence-electron chi connectivity index (χ3n) is 2.84. The van der Waals surface area contributed by atoms with E-state index >= 15 is 0 Å². The predicted octanol–water partition coefficient (Wildman–Crippen LogP) is 3.07. The van der Waals surface area contributed by atoms with Crippen molar-refractivity contribution in [2.24, 2.45) is 4.99 Å². The fraction of sp³-hybridized carbons (Fsp3) is 0.769. The Morgan fingerprint density at radius 3 is 2.65 bits per heavy atom. The van der Waals surface area contributed by atoms with E-state index in [4.69, 9.17) is 0 Å². The largest absolute Gasteiger partial charge is 0.357 e. The summed E-state index contributed by atoms with van der Waals surface area (Å²) in [6.07, 6.45) is 10.6. The van der Waals surface area contributed by atoms with Crippen LogP contribution in [0.3, 0.4) is 0 Å². The molecule has 0 amide bonds. The highest BCUT2D eigenvalue weighted by atomic mass is 127. The second kappa shape index (κ2) is 10.9. The number of hydrogen-bond donors (Lipinski definition) is 2. The van der Waals surface area contributed by atoms with E-state index in [-0.39, 0.29) is 24.0 Å². The van der Waals surface area contributed by atoms with Gasteiger partial charge in [0.1, 0.15) is 0 Å². The van der Waals surface area contributed by atoms with Gasteiger partial charge >= 0.3 is 0 Å². The number of halogens is 1. The van der Waals surface area contributed by atoms with Crippen LogP contribution in [-0.4, -0.2) is 25.1 Å². The van der Waals surface area contributed by atoms with Gasteiger partial charge in [-0.15, -0.1) is 24.0 Å². The van der Waals surface area contributed by atoms with Gasteiger partial charge in [0.2, 0.25) is 0 Å². The number of guanidine groups is 1. The molecule has 4 heteroatoms. The topological polar surface area (TPSA) is 36.4 Å². The summed E-state index contributed by atoms with van der Waals surface area (Å²) >= 11 is 0. The van der Waals surface area contributed by atoms with Crippen molar-refractivity contribution >= 4 is 29.9 Å². The van der Waals surface area contributed by atoms with Crippen LogP contribution in [0.25, 0.3) is 0 Å². The first kappa shape index (κ1) is 16.7. The molecular formula is C13H26IN3. The van der Waals surface area contributed by atoms with Crippen molar-refractivity contribution in [1.29, 1.82) is 0 Å². The van der Waals surface area contributed by atoms with Crippen molar-refractivity contribution in [1.82, 2.24) is 10.6 Å². The number of hydrogen-bond acceptors (Lipinski definition) is 1.